The first-order chi connectivity index (χ1) is 15.1. The van der Waals surface area contributed by atoms with Crippen molar-refractivity contribution in [2.24, 2.45) is 5.10 Å². The van der Waals surface area contributed by atoms with E-state index in [0.717, 1.165) is 17.1 Å². The molecular weight excluding hydrogens is 523 g/mol. The van der Waals surface area contributed by atoms with E-state index in [9.17, 15) is 4.79 Å². The third-order valence-corrected chi connectivity index (χ3v) is 6.04. The molecule has 0 unspecified atom stereocenters. The van der Waals surface area contributed by atoms with E-state index in [2.05, 4.69) is 55.2 Å². The van der Waals surface area contributed by atoms with Crippen LogP contribution in [0.5, 0.6) is 0 Å². The van der Waals surface area contributed by atoms with E-state index in [0.29, 0.717) is 18.2 Å². The first-order valence-electron chi connectivity index (χ1n) is 9.64. The van der Waals surface area contributed by atoms with Crippen LogP contribution in [0, 0.1) is 3.57 Å². The third-order valence-electron chi connectivity index (χ3n) is 4.24. The minimum absolute atomic E-state index is 0.205. The van der Waals surface area contributed by atoms with Gasteiger partial charge in [-0.1, -0.05) is 48.2 Å². The Labute approximate surface area is 199 Å². The number of halogens is 1. The van der Waals surface area contributed by atoms with Crippen LogP contribution in [0.15, 0.2) is 77.5 Å². The number of carbonyl (C=O) groups excluding carboxylic acids is 1. The number of nitrogens with one attached hydrogen (secondary N) is 2. The molecule has 3 aromatic rings. The van der Waals surface area contributed by atoms with E-state index >= 15 is 0 Å². The van der Waals surface area contributed by atoms with Crippen LogP contribution < -0.4 is 10.7 Å². The molecule has 0 aliphatic carbocycles. The van der Waals surface area contributed by atoms with Crippen LogP contribution in [0.2, 0.25) is 0 Å². The highest BCUT2D eigenvalue weighted by Gasteiger charge is 2.19. The van der Waals surface area contributed by atoms with Crippen LogP contribution in [0.4, 0.5) is 5.69 Å². The molecule has 1 aromatic heterocycles. The molecule has 160 valence electrons. The molecule has 0 bridgehead atoms. The summed E-state index contributed by atoms with van der Waals surface area (Å²) in [7, 11) is 0. The number of aromatic nitrogens is 3. The van der Waals surface area contributed by atoms with Crippen molar-refractivity contribution in [1.82, 2.24) is 20.2 Å². The van der Waals surface area contributed by atoms with E-state index in [4.69, 9.17) is 0 Å². The van der Waals surface area contributed by atoms with Crippen molar-refractivity contribution in [3.8, 4) is 0 Å². The van der Waals surface area contributed by atoms with Gasteiger partial charge in [-0.3, -0.25) is 4.79 Å². The van der Waals surface area contributed by atoms with Crippen LogP contribution in [0.25, 0.3) is 0 Å². The third kappa shape index (κ3) is 6.93. The molecule has 2 N–H and O–H groups in total. The zero-order chi connectivity index (χ0) is 22.1. The van der Waals surface area contributed by atoms with Gasteiger partial charge < -0.3 is 9.88 Å². The van der Waals surface area contributed by atoms with Gasteiger partial charge in [0.25, 0.3) is 5.91 Å². The summed E-state index contributed by atoms with van der Waals surface area (Å²) in [6.07, 6.45) is 3.40. The first kappa shape index (κ1) is 23.0. The number of amides is 1. The van der Waals surface area contributed by atoms with Crippen LogP contribution in [0.3, 0.4) is 0 Å². The molecular formula is C22H23IN6OS. The van der Waals surface area contributed by atoms with Crippen molar-refractivity contribution in [3.63, 3.8) is 0 Å². The van der Waals surface area contributed by atoms with Gasteiger partial charge in [0.15, 0.2) is 11.0 Å². The Morgan fingerprint density at radius 3 is 2.68 bits per heavy atom. The Morgan fingerprint density at radius 1 is 1.23 bits per heavy atom. The summed E-state index contributed by atoms with van der Waals surface area (Å²) in [4.78, 5) is 12.4. The average Bonchev–Trinajstić information content (AvgIpc) is 3.15. The minimum atomic E-state index is -0.391. The Kier molecular flexibility index (Phi) is 8.65. The zero-order valence-corrected chi connectivity index (χ0v) is 20.0. The number of thioether (sulfide) groups is 1. The molecule has 0 spiro atoms. The molecule has 3 rings (SSSR count). The molecule has 2 aromatic carbocycles. The maximum absolute atomic E-state index is 12.4. The maximum atomic E-state index is 12.4. The molecule has 0 fully saturated rings. The van der Waals surface area contributed by atoms with E-state index < -0.39 is 5.25 Å². The molecule has 1 amide bonds. The molecule has 9 heteroatoms. The maximum Gasteiger partial charge on any atom is 0.253 e. The predicted octanol–water partition coefficient (Wildman–Crippen LogP) is 4.31. The fourth-order valence-electron chi connectivity index (χ4n) is 2.61. The second kappa shape index (κ2) is 11.7. The van der Waals surface area contributed by atoms with Gasteiger partial charge in [0, 0.05) is 15.8 Å². The monoisotopic (exact) mass is 546 g/mol. The Balaban J connectivity index is 1.60. The van der Waals surface area contributed by atoms with Crippen LogP contribution >= 0.6 is 34.4 Å². The van der Waals surface area contributed by atoms with Gasteiger partial charge in [0.1, 0.15) is 0 Å². The summed E-state index contributed by atoms with van der Waals surface area (Å²) in [6.45, 7) is 6.71. The standard InChI is InChI=1S/C22H23IN6OS/c1-3-13-29-20(15-24-19-11-9-18(23)10-12-19)26-28-22(29)31-16(2)21(30)27-25-14-17-7-5-4-6-8-17/h3-12,14,16,24H,1,13,15H2,2H3,(H,27,30)/b25-14-/t16-/m1/s1. The SMILES string of the molecule is C=CCn1c(CNc2ccc(I)cc2)nnc1S[C@H](C)C(=O)N/N=C\c1ccccc1. The largest absolute Gasteiger partial charge is 0.378 e. The van der Waals surface area contributed by atoms with Crippen molar-refractivity contribution in [1.29, 1.82) is 0 Å². The molecule has 1 atom stereocenters. The van der Waals surface area contributed by atoms with Crippen molar-refractivity contribution in [2.75, 3.05) is 5.32 Å². The number of carbonyl (C=O) groups is 1. The van der Waals surface area contributed by atoms with E-state index in [1.54, 1.807) is 12.3 Å². The Hall–Kier alpha value is -2.66. The lowest BCUT2D eigenvalue weighted by Gasteiger charge is -2.12. The van der Waals surface area contributed by atoms with Crippen LogP contribution in [-0.2, 0) is 17.9 Å². The molecule has 0 aliphatic heterocycles. The van der Waals surface area contributed by atoms with Crippen LogP contribution in [-0.4, -0.2) is 32.1 Å². The van der Waals surface area contributed by atoms with E-state index in [1.807, 2.05) is 66.1 Å². The molecule has 0 saturated heterocycles. The molecule has 31 heavy (non-hydrogen) atoms. The van der Waals surface area contributed by atoms with Crippen LogP contribution in [0.1, 0.15) is 18.3 Å². The molecule has 0 saturated carbocycles. The van der Waals surface area contributed by atoms with E-state index in [1.165, 1.54) is 15.3 Å². The van der Waals surface area contributed by atoms with Gasteiger partial charge in [-0.05, 0) is 59.3 Å². The van der Waals surface area contributed by atoms with Crippen molar-refractivity contribution >= 4 is 52.2 Å². The summed E-state index contributed by atoms with van der Waals surface area (Å²) in [6, 6.07) is 17.7. The normalized spacial score (nSPS) is 11.9. The van der Waals surface area contributed by atoms with Gasteiger partial charge in [-0.2, -0.15) is 5.10 Å². The summed E-state index contributed by atoms with van der Waals surface area (Å²) in [5.41, 5.74) is 4.50. The number of allylic oxidation sites excluding steroid dienone is 1. The molecule has 0 aliphatic rings. The fourth-order valence-corrected chi connectivity index (χ4v) is 3.84. The van der Waals surface area contributed by atoms with E-state index in [-0.39, 0.29) is 5.91 Å². The molecule has 1 heterocycles. The Bertz CT molecular complexity index is 1040. The number of hydrogen-bond acceptors (Lipinski definition) is 6. The van der Waals surface area contributed by atoms with Gasteiger partial charge in [0.2, 0.25) is 0 Å². The molecule has 0 radical (unpaired) electrons. The summed E-state index contributed by atoms with van der Waals surface area (Å²) < 4.78 is 3.13. The van der Waals surface area contributed by atoms with Gasteiger partial charge in [0.05, 0.1) is 18.0 Å². The van der Waals surface area contributed by atoms with Gasteiger partial charge in [-0.25, -0.2) is 5.43 Å². The quantitative estimate of drug-likeness (QED) is 0.130. The number of nitrogens with zero attached hydrogens (tertiary/aromatic N) is 4. The summed E-state index contributed by atoms with van der Waals surface area (Å²) in [5.74, 6) is 0.569. The second-order valence-corrected chi connectivity index (χ2v) is 9.12. The lowest BCUT2D eigenvalue weighted by molar-refractivity contribution is -0.120. The highest BCUT2D eigenvalue weighted by molar-refractivity contribution is 14.1. The van der Waals surface area contributed by atoms with Crippen molar-refractivity contribution < 1.29 is 4.79 Å². The number of benzene rings is 2. The predicted molar refractivity (Wildman–Crippen MR) is 134 cm³/mol. The molecule has 7 nitrogen and oxygen atoms in total. The van der Waals surface area contributed by atoms with Gasteiger partial charge in [-0.15, -0.1) is 16.8 Å². The smallest absolute Gasteiger partial charge is 0.253 e. The minimum Gasteiger partial charge on any atom is -0.378 e. The fraction of sp³-hybridized carbons (Fsp3) is 0.182. The summed E-state index contributed by atoms with van der Waals surface area (Å²) in [5, 5.41) is 16.2. The lowest BCUT2D eigenvalue weighted by Crippen LogP contribution is -2.27. The number of hydrazone groups is 1. The summed E-state index contributed by atoms with van der Waals surface area (Å²) >= 11 is 3.61. The number of hydrogen-bond donors (Lipinski definition) is 2. The topological polar surface area (TPSA) is 84.2 Å². The first-order valence-corrected chi connectivity index (χ1v) is 11.6. The number of rotatable bonds is 10. The zero-order valence-electron chi connectivity index (χ0n) is 17.0. The highest BCUT2D eigenvalue weighted by atomic mass is 127. The number of anilines is 1. The lowest BCUT2D eigenvalue weighted by atomic mass is 10.2. The van der Waals surface area contributed by atoms with Crippen molar-refractivity contribution in [3.05, 3.63) is 82.2 Å². The van der Waals surface area contributed by atoms with Crippen molar-refractivity contribution in [2.45, 2.75) is 30.4 Å². The second-order valence-electron chi connectivity index (χ2n) is 6.56. The average molecular weight is 546 g/mol. The highest BCUT2D eigenvalue weighted by Crippen LogP contribution is 2.23. The Morgan fingerprint density at radius 2 is 1.97 bits per heavy atom. The van der Waals surface area contributed by atoms with Gasteiger partial charge >= 0.3 is 0 Å².